The fourth-order valence-electron chi connectivity index (χ4n) is 5.06. The lowest BCUT2D eigenvalue weighted by molar-refractivity contribution is 0.111. The van der Waals surface area contributed by atoms with Gasteiger partial charge in [-0.3, -0.25) is 9.59 Å². The second-order valence-corrected chi connectivity index (χ2v) is 14.2. The van der Waals surface area contributed by atoms with E-state index in [2.05, 4.69) is 80.6 Å². The number of rotatable bonds is 9. The molecule has 0 spiro atoms. The largest absolute Gasteiger partial charge is 0.298 e. The summed E-state index contributed by atoms with van der Waals surface area (Å²) in [4.78, 5) is 24.7. The van der Waals surface area contributed by atoms with Gasteiger partial charge >= 0.3 is 0 Å². The Hall–Kier alpha value is -2.26. The summed E-state index contributed by atoms with van der Waals surface area (Å²) in [5, 5.41) is 2.12. The molecule has 0 N–H and O–H groups in total. The van der Waals surface area contributed by atoms with Gasteiger partial charge in [0.15, 0.2) is 0 Å². The van der Waals surface area contributed by atoms with Crippen LogP contribution < -0.4 is 10.4 Å². The highest BCUT2D eigenvalue weighted by atomic mass is 28.3. The van der Waals surface area contributed by atoms with E-state index in [-0.39, 0.29) is 0 Å². The maximum Gasteiger partial charge on any atom is 0.150 e. The smallest absolute Gasteiger partial charge is 0.150 e. The molecule has 2 aromatic carbocycles. The Kier molecular flexibility index (Phi) is 8.22. The fourth-order valence-corrected chi connectivity index (χ4v) is 8.43. The average Bonchev–Trinajstić information content (AvgIpc) is 2.72. The molecule has 0 aliphatic carbocycles. The summed E-state index contributed by atoms with van der Waals surface area (Å²) in [5.74, 6) is 1.03. The quantitative estimate of drug-likeness (QED) is 0.356. The molecule has 172 valence electrons. The van der Waals surface area contributed by atoms with Crippen LogP contribution >= 0.6 is 0 Å². The van der Waals surface area contributed by atoms with Gasteiger partial charge in [0.05, 0.1) is 0 Å². The molecular weight excluding hydrogens is 408 g/mol. The molecule has 0 saturated heterocycles. The van der Waals surface area contributed by atoms with Gasteiger partial charge in [0.1, 0.15) is 20.6 Å². The van der Waals surface area contributed by atoms with E-state index in [0.717, 1.165) is 58.0 Å². The summed E-state index contributed by atoms with van der Waals surface area (Å²) in [7, 11) is -2.56. The van der Waals surface area contributed by atoms with Crippen molar-refractivity contribution in [2.75, 3.05) is 0 Å². The molecule has 0 saturated carbocycles. The number of hydrogen-bond acceptors (Lipinski definition) is 2. The highest BCUT2D eigenvalue weighted by Gasteiger charge is 2.35. The summed E-state index contributed by atoms with van der Waals surface area (Å²) in [6.45, 7) is 23.7. The zero-order valence-electron chi connectivity index (χ0n) is 21.5. The fraction of sp³-hybridized carbons (Fsp3) is 0.448. The van der Waals surface area contributed by atoms with Crippen molar-refractivity contribution in [1.82, 2.24) is 0 Å². The van der Waals surface area contributed by atoms with E-state index in [1.54, 1.807) is 0 Å². The van der Waals surface area contributed by atoms with Gasteiger partial charge in [-0.25, -0.2) is 0 Å². The predicted octanol–water partition coefficient (Wildman–Crippen LogP) is 5.86. The Morgan fingerprint density at radius 3 is 1.38 bits per heavy atom. The molecule has 0 bridgehead atoms. The van der Waals surface area contributed by atoms with E-state index < -0.39 is 8.07 Å². The SMILES string of the molecule is C=C[Si](C)(c1cc(C)c(CC(C)C)c(C)c1C=O)c1cc(C)c(CC(C)C)c(C)c1C=O. The second kappa shape index (κ2) is 10.1. The third-order valence-corrected chi connectivity index (χ3v) is 10.8. The Morgan fingerprint density at radius 1 is 0.781 bits per heavy atom. The Bertz CT molecular complexity index is 967. The highest BCUT2D eigenvalue weighted by Crippen LogP contribution is 2.26. The number of hydrogen-bond donors (Lipinski definition) is 0. The number of carbonyl (C=O) groups excluding carboxylic acids is 2. The lowest BCUT2D eigenvalue weighted by Crippen LogP contribution is -2.57. The van der Waals surface area contributed by atoms with Gasteiger partial charge in [-0.15, -0.1) is 6.58 Å². The van der Waals surface area contributed by atoms with Crippen molar-refractivity contribution in [1.29, 1.82) is 0 Å². The van der Waals surface area contributed by atoms with Gasteiger partial charge in [0.2, 0.25) is 0 Å². The normalized spacial score (nSPS) is 11.8. The minimum Gasteiger partial charge on any atom is -0.298 e. The number of carbonyl (C=O) groups is 2. The molecule has 32 heavy (non-hydrogen) atoms. The summed E-state index contributed by atoms with van der Waals surface area (Å²) >= 11 is 0. The van der Waals surface area contributed by atoms with Gasteiger partial charge in [-0.05, 0) is 96.1 Å². The Morgan fingerprint density at radius 2 is 1.12 bits per heavy atom. The van der Waals surface area contributed by atoms with Crippen LogP contribution in [0.1, 0.15) is 81.8 Å². The van der Waals surface area contributed by atoms with Gasteiger partial charge in [0.25, 0.3) is 0 Å². The highest BCUT2D eigenvalue weighted by molar-refractivity contribution is 7.06. The monoisotopic (exact) mass is 448 g/mol. The Balaban J connectivity index is 2.90. The summed E-state index contributed by atoms with van der Waals surface area (Å²) in [5.41, 5.74) is 10.7. The molecule has 0 aliphatic rings. The second-order valence-electron chi connectivity index (χ2n) is 10.4. The van der Waals surface area contributed by atoms with Gasteiger partial charge in [0, 0.05) is 11.1 Å². The van der Waals surface area contributed by atoms with Crippen LogP contribution in [0.3, 0.4) is 0 Å². The molecule has 3 heteroatoms. The van der Waals surface area contributed by atoms with Crippen LogP contribution in [0.4, 0.5) is 0 Å². The van der Waals surface area contributed by atoms with Crippen molar-refractivity contribution in [2.45, 2.75) is 74.8 Å². The average molecular weight is 449 g/mol. The summed E-state index contributed by atoms with van der Waals surface area (Å²) in [6, 6.07) is 4.40. The van der Waals surface area contributed by atoms with E-state index in [0.29, 0.717) is 11.8 Å². The van der Waals surface area contributed by atoms with E-state index in [9.17, 15) is 9.59 Å². The van der Waals surface area contributed by atoms with Crippen LogP contribution in [0.25, 0.3) is 0 Å². The molecule has 0 fully saturated rings. The van der Waals surface area contributed by atoms with E-state index in [1.807, 2.05) is 5.70 Å². The molecule has 0 heterocycles. The van der Waals surface area contributed by atoms with Gasteiger partial charge < -0.3 is 0 Å². The van der Waals surface area contributed by atoms with E-state index >= 15 is 0 Å². The molecule has 0 aliphatic heterocycles. The molecule has 0 atom stereocenters. The van der Waals surface area contributed by atoms with Crippen LogP contribution in [0, 0.1) is 39.5 Å². The molecule has 0 amide bonds. The van der Waals surface area contributed by atoms with E-state index in [4.69, 9.17) is 0 Å². The van der Waals surface area contributed by atoms with Crippen molar-refractivity contribution in [3.63, 3.8) is 0 Å². The molecule has 0 radical (unpaired) electrons. The zero-order chi connectivity index (χ0) is 24.4. The van der Waals surface area contributed by atoms with Crippen LogP contribution in [0.15, 0.2) is 24.4 Å². The first-order chi connectivity index (χ1) is 14.9. The third kappa shape index (κ3) is 4.73. The van der Waals surface area contributed by atoms with E-state index in [1.165, 1.54) is 22.3 Å². The first-order valence-corrected chi connectivity index (χ1v) is 14.3. The summed E-state index contributed by atoms with van der Waals surface area (Å²) < 4.78 is 0. The van der Waals surface area contributed by atoms with Crippen molar-refractivity contribution >= 4 is 31.0 Å². The first-order valence-electron chi connectivity index (χ1n) is 11.7. The van der Waals surface area contributed by atoms with Gasteiger partial charge in [-0.2, -0.15) is 0 Å². The standard InChI is InChI=1S/C29H40O2Si/c1-11-32(10,28-14-20(6)24(12-18(2)3)22(8)26(28)16-30)29-15-21(7)25(13-19(4)5)23(9)27(29)17-31/h11,14-19H,1,12-13H2,2-10H3. The third-order valence-electron chi connectivity index (χ3n) is 6.96. The zero-order valence-corrected chi connectivity index (χ0v) is 22.5. The Labute approximate surface area is 196 Å². The van der Waals surface area contributed by atoms with Crippen LogP contribution in [-0.4, -0.2) is 20.6 Å². The number of aryl methyl sites for hydroxylation is 2. The van der Waals surface area contributed by atoms with Crippen molar-refractivity contribution in [3.8, 4) is 0 Å². The van der Waals surface area contributed by atoms with Crippen molar-refractivity contribution in [2.24, 2.45) is 11.8 Å². The van der Waals surface area contributed by atoms with Crippen LogP contribution in [-0.2, 0) is 12.8 Å². The molecule has 2 nitrogen and oxygen atoms in total. The maximum absolute atomic E-state index is 12.4. The minimum absolute atomic E-state index is 0.515. The molecular formula is C29H40O2Si. The number of benzene rings is 2. The van der Waals surface area contributed by atoms with Crippen LogP contribution in [0.5, 0.6) is 0 Å². The number of aldehydes is 2. The lowest BCUT2D eigenvalue weighted by atomic mass is 9.91. The topological polar surface area (TPSA) is 34.1 Å². The minimum atomic E-state index is -2.56. The molecule has 0 aromatic heterocycles. The molecule has 2 aromatic rings. The van der Waals surface area contributed by atoms with Crippen molar-refractivity contribution in [3.05, 3.63) is 68.9 Å². The van der Waals surface area contributed by atoms with Crippen molar-refractivity contribution < 1.29 is 9.59 Å². The summed E-state index contributed by atoms with van der Waals surface area (Å²) in [6.07, 6.45) is 3.92. The van der Waals surface area contributed by atoms with Gasteiger partial charge in [-0.1, -0.05) is 52.1 Å². The van der Waals surface area contributed by atoms with Crippen LogP contribution in [0.2, 0.25) is 6.55 Å². The molecule has 2 rings (SSSR count). The maximum atomic E-state index is 12.4. The molecule has 0 unspecified atom stereocenters. The lowest BCUT2D eigenvalue weighted by Gasteiger charge is -2.31. The first kappa shape index (κ1) is 26.0. The predicted molar refractivity (Wildman–Crippen MR) is 141 cm³/mol.